The van der Waals surface area contributed by atoms with Crippen LogP contribution < -0.4 is 19.9 Å². The number of ether oxygens (including phenoxy) is 1. The molecule has 2 heterocycles. The molecule has 0 bridgehead atoms. The maximum atomic E-state index is 5.51. The van der Waals surface area contributed by atoms with Crippen LogP contribution in [0.1, 0.15) is 11.1 Å². The molecule has 3 aromatic rings. The molecule has 0 aliphatic carbocycles. The molecule has 1 aromatic heterocycles. The predicted molar refractivity (Wildman–Crippen MR) is 118 cm³/mol. The van der Waals surface area contributed by atoms with Crippen LogP contribution >= 0.6 is 0 Å². The molecular weight excluding hydrogens is 362 g/mol. The van der Waals surface area contributed by atoms with E-state index in [0.29, 0.717) is 12.5 Å². The Bertz CT molecular complexity index is 936. The number of methoxy groups -OCH3 is 1. The molecule has 0 atom stereocenters. The van der Waals surface area contributed by atoms with Gasteiger partial charge in [0.05, 0.1) is 12.8 Å². The Morgan fingerprint density at radius 1 is 0.931 bits per heavy atom. The van der Waals surface area contributed by atoms with Crippen molar-refractivity contribution in [2.75, 3.05) is 48.4 Å². The number of hydrogen-bond acceptors (Lipinski definition) is 6. The van der Waals surface area contributed by atoms with Crippen LogP contribution in [0, 0.1) is 6.92 Å². The lowest BCUT2D eigenvalue weighted by atomic mass is 10.1. The molecule has 150 valence electrons. The summed E-state index contributed by atoms with van der Waals surface area (Å²) in [6.07, 6.45) is 1.83. The monoisotopic (exact) mass is 389 g/mol. The van der Waals surface area contributed by atoms with Crippen molar-refractivity contribution in [3.63, 3.8) is 0 Å². The fourth-order valence-corrected chi connectivity index (χ4v) is 3.56. The molecule has 1 aliphatic rings. The van der Waals surface area contributed by atoms with Gasteiger partial charge in [0.25, 0.3) is 0 Å². The molecule has 1 saturated heterocycles. The normalized spacial score (nSPS) is 14.0. The van der Waals surface area contributed by atoms with Crippen LogP contribution in [-0.2, 0) is 6.54 Å². The summed E-state index contributed by atoms with van der Waals surface area (Å²) >= 11 is 0. The third kappa shape index (κ3) is 4.59. The minimum Gasteiger partial charge on any atom is -0.495 e. The van der Waals surface area contributed by atoms with Crippen LogP contribution in [0.4, 0.5) is 17.5 Å². The van der Waals surface area contributed by atoms with E-state index in [9.17, 15) is 0 Å². The molecule has 0 saturated carbocycles. The maximum Gasteiger partial charge on any atom is 0.224 e. The zero-order chi connectivity index (χ0) is 20.1. The number of para-hydroxylation sites is 2. The van der Waals surface area contributed by atoms with Crippen LogP contribution in [0.15, 0.2) is 60.8 Å². The minimum absolute atomic E-state index is 0.662. The summed E-state index contributed by atoms with van der Waals surface area (Å²) in [5, 5.41) is 3.33. The molecule has 0 unspecified atom stereocenters. The van der Waals surface area contributed by atoms with E-state index in [1.165, 1.54) is 11.1 Å². The standard InChI is InChI=1S/C23H27N5O/c1-18-7-9-19(10-8-18)17-25-23-24-12-11-22(26-23)28-15-13-27(14-16-28)20-5-3-4-6-21(20)29-2/h3-12H,13-17H2,1-2H3,(H,24,25,26). The van der Waals surface area contributed by atoms with Gasteiger partial charge in [-0.3, -0.25) is 0 Å². The van der Waals surface area contributed by atoms with Gasteiger partial charge in [0, 0.05) is 38.9 Å². The summed E-state index contributed by atoms with van der Waals surface area (Å²) in [5.74, 6) is 2.55. The van der Waals surface area contributed by atoms with Crippen molar-refractivity contribution in [2.45, 2.75) is 13.5 Å². The average molecular weight is 390 g/mol. The third-order valence-corrected chi connectivity index (χ3v) is 5.24. The highest BCUT2D eigenvalue weighted by Crippen LogP contribution is 2.29. The molecule has 2 aromatic carbocycles. The topological polar surface area (TPSA) is 53.5 Å². The Morgan fingerprint density at radius 2 is 1.66 bits per heavy atom. The van der Waals surface area contributed by atoms with Crippen molar-refractivity contribution in [3.8, 4) is 5.75 Å². The molecule has 0 spiro atoms. The first-order valence-corrected chi connectivity index (χ1v) is 9.98. The van der Waals surface area contributed by atoms with Crippen molar-refractivity contribution < 1.29 is 4.74 Å². The van der Waals surface area contributed by atoms with Gasteiger partial charge < -0.3 is 19.9 Å². The van der Waals surface area contributed by atoms with Gasteiger partial charge in [-0.05, 0) is 30.7 Å². The van der Waals surface area contributed by atoms with E-state index in [1.54, 1.807) is 7.11 Å². The highest BCUT2D eigenvalue weighted by molar-refractivity contribution is 5.59. The lowest BCUT2D eigenvalue weighted by Crippen LogP contribution is -2.47. The van der Waals surface area contributed by atoms with Crippen LogP contribution in [-0.4, -0.2) is 43.3 Å². The predicted octanol–water partition coefficient (Wildman–Crippen LogP) is 3.73. The summed E-state index contributed by atoms with van der Waals surface area (Å²) in [4.78, 5) is 13.8. The van der Waals surface area contributed by atoms with Crippen LogP contribution in [0.2, 0.25) is 0 Å². The van der Waals surface area contributed by atoms with E-state index in [4.69, 9.17) is 9.72 Å². The SMILES string of the molecule is COc1ccccc1N1CCN(c2ccnc(NCc3ccc(C)cc3)n2)CC1. The second-order valence-corrected chi connectivity index (χ2v) is 7.22. The molecule has 1 fully saturated rings. The van der Waals surface area contributed by atoms with E-state index in [-0.39, 0.29) is 0 Å². The third-order valence-electron chi connectivity index (χ3n) is 5.24. The first kappa shape index (κ1) is 19.1. The summed E-state index contributed by atoms with van der Waals surface area (Å²) in [6.45, 7) is 6.48. The van der Waals surface area contributed by atoms with Crippen LogP contribution in [0.3, 0.4) is 0 Å². The van der Waals surface area contributed by atoms with Gasteiger partial charge in [0.15, 0.2) is 0 Å². The molecule has 6 heteroatoms. The van der Waals surface area contributed by atoms with Crippen LogP contribution in [0.25, 0.3) is 0 Å². The molecule has 0 radical (unpaired) electrons. The molecule has 1 N–H and O–H groups in total. The Labute approximate surface area is 172 Å². The Kier molecular flexibility index (Phi) is 5.79. The Morgan fingerprint density at radius 3 is 2.41 bits per heavy atom. The van der Waals surface area contributed by atoms with Gasteiger partial charge in [-0.15, -0.1) is 0 Å². The fraction of sp³-hybridized carbons (Fsp3) is 0.304. The number of piperazine rings is 1. The molecular formula is C23H27N5O. The summed E-state index contributed by atoms with van der Waals surface area (Å²) in [6, 6.07) is 18.7. The Balaban J connectivity index is 1.37. The number of aromatic nitrogens is 2. The number of anilines is 3. The maximum absolute atomic E-state index is 5.51. The highest BCUT2D eigenvalue weighted by atomic mass is 16.5. The second kappa shape index (κ2) is 8.82. The molecule has 6 nitrogen and oxygen atoms in total. The first-order chi connectivity index (χ1) is 14.2. The molecule has 29 heavy (non-hydrogen) atoms. The number of aryl methyl sites for hydroxylation is 1. The number of nitrogens with one attached hydrogen (secondary N) is 1. The number of nitrogens with zero attached hydrogens (tertiary/aromatic N) is 4. The lowest BCUT2D eigenvalue weighted by Gasteiger charge is -2.37. The summed E-state index contributed by atoms with van der Waals surface area (Å²) in [7, 11) is 1.72. The van der Waals surface area contributed by atoms with Gasteiger partial charge in [-0.25, -0.2) is 4.98 Å². The van der Waals surface area contributed by atoms with E-state index in [1.807, 2.05) is 24.4 Å². The summed E-state index contributed by atoms with van der Waals surface area (Å²) < 4.78 is 5.51. The lowest BCUT2D eigenvalue weighted by molar-refractivity contribution is 0.413. The van der Waals surface area contributed by atoms with Crippen molar-refractivity contribution in [2.24, 2.45) is 0 Å². The fourth-order valence-electron chi connectivity index (χ4n) is 3.56. The van der Waals surface area contributed by atoms with Crippen LogP contribution in [0.5, 0.6) is 5.75 Å². The van der Waals surface area contributed by atoms with E-state index in [2.05, 4.69) is 63.4 Å². The van der Waals surface area contributed by atoms with E-state index < -0.39 is 0 Å². The van der Waals surface area contributed by atoms with E-state index in [0.717, 1.165) is 43.4 Å². The largest absolute Gasteiger partial charge is 0.495 e. The molecule has 4 rings (SSSR count). The van der Waals surface area contributed by atoms with E-state index >= 15 is 0 Å². The van der Waals surface area contributed by atoms with Crippen molar-refractivity contribution in [3.05, 3.63) is 71.9 Å². The highest BCUT2D eigenvalue weighted by Gasteiger charge is 2.20. The minimum atomic E-state index is 0.662. The number of rotatable bonds is 6. The molecule has 1 aliphatic heterocycles. The van der Waals surface area contributed by atoms with Gasteiger partial charge >= 0.3 is 0 Å². The molecule has 0 amide bonds. The zero-order valence-electron chi connectivity index (χ0n) is 17.0. The van der Waals surface area contributed by atoms with Crippen molar-refractivity contribution in [1.82, 2.24) is 9.97 Å². The van der Waals surface area contributed by atoms with Crippen molar-refractivity contribution >= 4 is 17.5 Å². The quantitative estimate of drug-likeness (QED) is 0.693. The average Bonchev–Trinajstić information content (AvgIpc) is 2.79. The first-order valence-electron chi connectivity index (χ1n) is 9.98. The van der Waals surface area contributed by atoms with Crippen molar-refractivity contribution in [1.29, 1.82) is 0 Å². The zero-order valence-corrected chi connectivity index (χ0v) is 17.0. The van der Waals surface area contributed by atoms with Gasteiger partial charge in [-0.2, -0.15) is 4.98 Å². The summed E-state index contributed by atoms with van der Waals surface area (Å²) in [5.41, 5.74) is 3.63. The van der Waals surface area contributed by atoms with Gasteiger partial charge in [0.2, 0.25) is 5.95 Å². The number of hydrogen-bond donors (Lipinski definition) is 1. The van der Waals surface area contributed by atoms with Gasteiger partial charge in [-0.1, -0.05) is 42.0 Å². The number of benzene rings is 2. The Hall–Kier alpha value is -3.28. The van der Waals surface area contributed by atoms with Gasteiger partial charge in [0.1, 0.15) is 11.6 Å². The smallest absolute Gasteiger partial charge is 0.224 e. The second-order valence-electron chi connectivity index (χ2n) is 7.22.